The highest BCUT2D eigenvalue weighted by Crippen LogP contribution is 2.22. The van der Waals surface area contributed by atoms with Gasteiger partial charge in [-0.3, -0.25) is 14.2 Å². The molecule has 1 aromatic carbocycles. The zero-order chi connectivity index (χ0) is 18.9. The second kappa shape index (κ2) is 10.0. The maximum atomic E-state index is 12.0. The standard InChI is InChI=1S/C19H25N3O3S/c1-4-25-18(24)6-5-9-20-17(23)13-26-19-21-10-11-22(19)16-8-7-14(2)15(3)12-16/h7-8,10-12H,4-6,9,13H2,1-3H3,(H,20,23). The molecule has 1 amide bonds. The fourth-order valence-corrected chi connectivity index (χ4v) is 3.15. The molecule has 0 unspecified atom stereocenters. The highest BCUT2D eigenvalue weighted by atomic mass is 32.2. The molecular formula is C19H25N3O3S. The molecule has 2 rings (SSSR count). The first-order valence-electron chi connectivity index (χ1n) is 8.67. The number of carbonyl (C=O) groups is 2. The molecule has 0 saturated heterocycles. The quantitative estimate of drug-likeness (QED) is 0.414. The number of carbonyl (C=O) groups excluding carboxylic acids is 2. The van der Waals surface area contributed by atoms with E-state index in [1.165, 1.54) is 22.9 Å². The summed E-state index contributed by atoms with van der Waals surface area (Å²) in [6.45, 7) is 6.78. The number of benzene rings is 1. The van der Waals surface area contributed by atoms with Crippen LogP contribution in [0.3, 0.4) is 0 Å². The first-order chi connectivity index (χ1) is 12.5. The van der Waals surface area contributed by atoms with E-state index in [4.69, 9.17) is 4.74 Å². The Morgan fingerprint density at radius 2 is 2.08 bits per heavy atom. The number of hydrogen-bond donors (Lipinski definition) is 1. The zero-order valence-electron chi connectivity index (χ0n) is 15.4. The number of rotatable bonds is 9. The molecule has 0 aliphatic rings. The van der Waals surface area contributed by atoms with Gasteiger partial charge < -0.3 is 10.1 Å². The molecule has 6 nitrogen and oxygen atoms in total. The summed E-state index contributed by atoms with van der Waals surface area (Å²) in [7, 11) is 0. The Labute approximate surface area is 158 Å². The van der Waals surface area contributed by atoms with Crippen molar-refractivity contribution in [2.75, 3.05) is 18.9 Å². The van der Waals surface area contributed by atoms with Crippen LogP contribution in [0.5, 0.6) is 0 Å². The maximum Gasteiger partial charge on any atom is 0.305 e. The maximum absolute atomic E-state index is 12.0. The van der Waals surface area contributed by atoms with Crippen LogP contribution in [0.25, 0.3) is 5.69 Å². The van der Waals surface area contributed by atoms with Crippen molar-refractivity contribution < 1.29 is 14.3 Å². The van der Waals surface area contributed by atoms with E-state index in [2.05, 4.69) is 36.3 Å². The average molecular weight is 375 g/mol. The summed E-state index contributed by atoms with van der Waals surface area (Å²) in [5.74, 6) is -0.0265. The molecule has 0 saturated carbocycles. The Morgan fingerprint density at radius 1 is 1.27 bits per heavy atom. The van der Waals surface area contributed by atoms with Gasteiger partial charge in [-0.15, -0.1) is 0 Å². The van der Waals surface area contributed by atoms with Crippen molar-refractivity contribution in [3.8, 4) is 5.69 Å². The highest BCUT2D eigenvalue weighted by Gasteiger charge is 2.10. The molecule has 0 atom stereocenters. The Balaban J connectivity index is 1.81. The summed E-state index contributed by atoms with van der Waals surface area (Å²) < 4.78 is 6.83. The van der Waals surface area contributed by atoms with Gasteiger partial charge in [-0.2, -0.15) is 0 Å². The van der Waals surface area contributed by atoms with Crippen LogP contribution in [0.2, 0.25) is 0 Å². The zero-order valence-corrected chi connectivity index (χ0v) is 16.3. The summed E-state index contributed by atoms with van der Waals surface area (Å²) in [5, 5.41) is 3.59. The van der Waals surface area contributed by atoms with E-state index in [-0.39, 0.29) is 17.6 Å². The fourth-order valence-electron chi connectivity index (χ4n) is 2.34. The van der Waals surface area contributed by atoms with Gasteiger partial charge in [0.05, 0.1) is 12.4 Å². The molecular weight excluding hydrogens is 350 g/mol. The first-order valence-corrected chi connectivity index (χ1v) is 9.66. The lowest BCUT2D eigenvalue weighted by atomic mass is 10.1. The van der Waals surface area contributed by atoms with E-state index in [1.54, 1.807) is 13.1 Å². The number of ether oxygens (including phenoxy) is 1. The monoisotopic (exact) mass is 375 g/mol. The van der Waals surface area contributed by atoms with Gasteiger partial charge in [0.2, 0.25) is 5.91 Å². The number of thioether (sulfide) groups is 1. The summed E-state index contributed by atoms with van der Waals surface area (Å²) in [6, 6.07) is 6.23. The van der Waals surface area contributed by atoms with Gasteiger partial charge in [0, 0.05) is 31.0 Å². The second-order valence-electron chi connectivity index (χ2n) is 5.90. The smallest absolute Gasteiger partial charge is 0.305 e. The van der Waals surface area contributed by atoms with Gasteiger partial charge in [-0.25, -0.2) is 4.98 Å². The number of imidazole rings is 1. The van der Waals surface area contributed by atoms with E-state index in [9.17, 15) is 9.59 Å². The minimum Gasteiger partial charge on any atom is -0.466 e. The SMILES string of the molecule is CCOC(=O)CCCNC(=O)CSc1nccn1-c1ccc(C)c(C)c1. The molecule has 0 spiro atoms. The lowest BCUT2D eigenvalue weighted by molar-refractivity contribution is -0.143. The third-order valence-corrected chi connectivity index (χ3v) is 4.86. The van der Waals surface area contributed by atoms with Crippen molar-refractivity contribution in [3.05, 3.63) is 41.7 Å². The van der Waals surface area contributed by atoms with Crippen LogP contribution in [0.4, 0.5) is 0 Å². The summed E-state index contributed by atoms with van der Waals surface area (Å²) in [6.07, 6.45) is 4.52. The van der Waals surface area contributed by atoms with Crippen molar-refractivity contribution in [3.63, 3.8) is 0 Å². The van der Waals surface area contributed by atoms with Crippen LogP contribution < -0.4 is 5.32 Å². The Hall–Kier alpha value is -2.28. The van der Waals surface area contributed by atoms with E-state index in [0.717, 1.165) is 10.8 Å². The molecule has 1 heterocycles. The largest absolute Gasteiger partial charge is 0.466 e. The van der Waals surface area contributed by atoms with Crippen molar-refractivity contribution >= 4 is 23.6 Å². The predicted molar refractivity (Wildman–Crippen MR) is 103 cm³/mol. The minimum atomic E-state index is -0.230. The molecule has 1 aromatic heterocycles. The molecule has 1 N–H and O–H groups in total. The number of hydrogen-bond acceptors (Lipinski definition) is 5. The number of nitrogens with one attached hydrogen (secondary N) is 1. The number of esters is 1. The molecule has 0 aliphatic heterocycles. The number of aromatic nitrogens is 2. The Kier molecular flexibility index (Phi) is 7.72. The molecule has 2 aromatic rings. The van der Waals surface area contributed by atoms with Crippen molar-refractivity contribution in [1.29, 1.82) is 0 Å². The van der Waals surface area contributed by atoms with Crippen LogP contribution in [-0.4, -0.2) is 40.3 Å². The lowest BCUT2D eigenvalue weighted by Crippen LogP contribution is -2.26. The normalized spacial score (nSPS) is 10.6. The lowest BCUT2D eigenvalue weighted by Gasteiger charge is -2.10. The van der Waals surface area contributed by atoms with Crippen LogP contribution in [0.15, 0.2) is 35.7 Å². The highest BCUT2D eigenvalue weighted by molar-refractivity contribution is 7.99. The first kappa shape index (κ1) is 20.0. The molecule has 0 radical (unpaired) electrons. The van der Waals surface area contributed by atoms with Gasteiger partial charge in [-0.05, 0) is 50.5 Å². The Morgan fingerprint density at radius 3 is 2.81 bits per heavy atom. The molecule has 7 heteroatoms. The van der Waals surface area contributed by atoms with Gasteiger partial charge >= 0.3 is 5.97 Å². The minimum absolute atomic E-state index is 0.0755. The molecule has 140 valence electrons. The van der Waals surface area contributed by atoms with Crippen LogP contribution >= 0.6 is 11.8 Å². The van der Waals surface area contributed by atoms with E-state index in [0.29, 0.717) is 26.0 Å². The molecule has 26 heavy (non-hydrogen) atoms. The van der Waals surface area contributed by atoms with Crippen LogP contribution in [0.1, 0.15) is 30.9 Å². The number of nitrogens with zero attached hydrogens (tertiary/aromatic N) is 2. The van der Waals surface area contributed by atoms with Crippen LogP contribution in [-0.2, 0) is 14.3 Å². The molecule has 0 aliphatic carbocycles. The molecule has 0 fully saturated rings. The van der Waals surface area contributed by atoms with Gasteiger partial charge in [0.1, 0.15) is 0 Å². The van der Waals surface area contributed by atoms with E-state index >= 15 is 0 Å². The van der Waals surface area contributed by atoms with E-state index < -0.39 is 0 Å². The molecule has 0 bridgehead atoms. The topological polar surface area (TPSA) is 73.2 Å². The van der Waals surface area contributed by atoms with Gasteiger partial charge in [-0.1, -0.05) is 17.8 Å². The fraction of sp³-hybridized carbons (Fsp3) is 0.421. The summed E-state index contributed by atoms with van der Waals surface area (Å²) in [4.78, 5) is 27.5. The van der Waals surface area contributed by atoms with Gasteiger partial charge in [0.15, 0.2) is 5.16 Å². The third-order valence-electron chi connectivity index (χ3n) is 3.89. The van der Waals surface area contributed by atoms with E-state index in [1.807, 2.05) is 16.8 Å². The van der Waals surface area contributed by atoms with Crippen molar-refractivity contribution in [2.24, 2.45) is 0 Å². The van der Waals surface area contributed by atoms with Crippen molar-refractivity contribution in [2.45, 2.75) is 38.8 Å². The summed E-state index contributed by atoms with van der Waals surface area (Å²) in [5.41, 5.74) is 3.49. The number of aryl methyl sites for hydroxylation is 2. The second-order valence-corrected chi connectivity index (χ2v) is 6.84. The summed E-state index contributed by atoms with van der Waals surface area (Å²) >= 11 is 1.39. The number of amides is 1. The van der Waals surface area contributed by atoms with Crippen LogP contribution in [0, 0.1) is 13.8 Å². The Bertz CT molecular complexity index is 758. The predicted octanol–water partition coefficient (Wildman–Crippen LogP) is 3.04. The van der Waals surface area contributed by atoms with Crippen molar-refractivity contribution in [1.82, 2.24) is 14.9 Å². The third kappa shape index (κ3) is 5.91. The van der Waals surface area contributed by atoms with Gasteiger partial charge in [0.25, 0.3) is 0 Å². The average Bonchev–Trinajstić information content (AvgIpc) is 3.08.